The van der Waals surface area contributed by atoms with Crippen molar-refractivity contribution in [1.29, 1.82) is 0 Å². The third kappa shape index (κ3) is 2.85. The van der Waals surface area contributed by atoms with Gasteiger partial charge in [0.25, 0.3) is 5.91 Å². The molecule has 2 rings (SSSR count). The number of likely N-dealkylation sites (tertiary alicyclic amines) is 1. The summed E-state index contributed by atoms with van der Waals surface area (Å²) in [6.07, 6.45) is 0.559. The van der Waals surface area contributed by atoms with Gasteiger partial charge in [-0.1, -0.05) is 30.3 Å². The van der Waals surface area contributed by atoms with Crippen LogP contribution >= 0.6 is 0 Å². The molecule has 1 saturated heterocycles. The van der Waals surface area contributed by atoms with Gasteiger partial charge in [-0.05, 0) is 12.0 Å². The zero-order chi connectivity index (χ0) is 14.7. The lowest BCUT2D eigenvalue weighted by Gasteiger charge is -2.28. The molecule has 20 heavy (non-hydrogen) atoms. The average Bonchev–Trinajstić information content (AvgIpc) is 2.48. The van der Waals surface area contributed by atoms with Crippen LogP contribution < -0.4 is 11.1 Å². The van der Waals surface area contributed by atoms with Gasteiger partial charge in [0.2, 0.25) is 11.8 Å². The highest BCUT2D eigenvalue weighted by atomic mass is 16.2. The van der Waals surface area contributed by atoms with E-state index >= 15 is 0 Å². The van der Waals surface area contributed by atoms with Crippen LogP contribution in [0.5, 0.6) is 0 Å². The van der Waals surface area contributed by atoms with Gasteiger partial charge in [0.15, 0.2) is 0 Å². The summed E-state index contributed by atoms with van der Waals surface area (Å²) in [7, 11) is 1.42. The first kappa shape index (κ1) is 14.2. The van der Waals surface area contributed by atoms with Crippen molar-refractivity contribution in [3.63, 3.8) is 0 Å². The molecule has 3 amide bonds. The van der Waals surface area contributed by atoms with Gasteiger partial charge < -0.3 is 11.1 Å². The van der Waals surface area contributed by atoms with Gasteiger partial charge in [0.05, 0.1) is 0 Å². The van der Waals surface area contributed by atoms with E-state index in [4.69, 9.17) is 5.73 Å². The summed E-state index contributed by atoms with van der Waals surface area (Å²) in [6, 6.07) is 7.42. The number of nitrogens with zero attached hydrogens (tertiary/aromatic N) is 1. The molecule has 0 aromatic heterocycles. The average molecular weight is 275 g/mol. The van der Waals surface area contributed by atoms with Crippen LogP contribution in [0.1, 0.15) is 24.4 Å². The zero-order valence-electron chi connectivity index (χ0n) is 11.2. The molecule has 2 unspecified atom stereocenters. The van der Waals surface area contributed by atoms with E-state index in [0.717, 1.165) is 4.90 Å². The fourth-order valence-electron chi connectivity index (χ4n) is 2.12. The lowest BCUT2D eigenvalue weighted by atomic mass is 10.0. The molecule has 0 bridgehead atoms. The Bertz CT molecular complexity index is 530. The second-order valence-electron chi connectivity index (χ2n) is 4.78. The summed E-state index contributed by atoms with van der Waals surface area (Å²) in [4.78, 5) is 36.3. The van der Waals surface area contributed by atoms with E-state index in [2.05, 4.69) is 5.32 Å². The summed E-state index contributed by atoms with van der Waals surface area (Å²) in [5.74, 6) is -1.04. The molecule has 3 N–H and O–H groups in total. The molecule has 1 aliphatic rings. The van der Waals surface area contributed by atoms with Crippen LogP contribution in [-0.4, -0.2) is 35.7 Å². The van der Waals surface area contributed by atoms with Crippen molar-refractivity contribution >= 4 is 17.7 Å². The molecule has 2 atom stereocenters. The topological polar surface area (TPSA) is 92.5 Å². The largest absolute Gasteiger partial charge is 0.343 e. The lowest BCUT2D eigenvalue weighted by Crippen LogP contribution is -2.54. The van der Waals surface area contributed by atoms with Crippen LogP contribution in [0.4, 0.5) is 0 Å². The van der Waals surface area contributed by atoms with Gasteiger partial charge in [0, 0.05) is 13.5 Å². The number of nitrogens with one attached hydrogen (secondary N) is 1. The Morgan fingerprint density at radius 2 is 2.00 bits per heavy atom. The number of carbonyl (C=O) groups is 3. The first-order valence-corrected chi connectivity index (χ1v) is 6.42. The molecule has 1 aromatic rings. The summed E-state index contributed by atoms with van der Waals surface area (Å²) >= 11 is 0. The lowest BCUT2D eigenvalue weighted by molar-refractivity contribution is -0.149. The summed E-state index contributed by atoms with van der Waals surface area (Å²) in [5, 5.41) is 2.61. The Balaban J connectivity index is 2.01. The number of imide groups is 1. The quantitative estimate of drug-likeness (QED) is 0.756. The first-order chi connectivity index (χ1) is 9.50. The third-order valence-corrected chi connectivity index (χ3v) is 3.41. The van der Waals surface area contributed by atoms with Crippen molar-refractivity contribution in [2.24, 2.45) is 5.73 Å². The number of likely N-dealkylation sites (N-methyl/N-ethyl adjacent to an activating group) is 1. The molecule has 0 radical (unpaired) electrons. The number of hydrogen-bond donors (Lipinski definition) is 2. The van der Waals surface area contributed by atoms with Crippen molar-refractivity contribution in [1.82, 2.24) is 10.2 Å². The van der Waals surface area contributed by atoms with Crippen LogP contribution in [0, 0.1) is 0 Å². The molecule has 106 valence electrons. The highest BCUT2D eigenvalue weighted by Gasteiger charge is 2.33. The minimum atomic E-state index is -0.827. The van der Waals surface area contributed by atoms with Crippen molar-refractivity contribution < 1.29 is 14.4 Å². The van der Waals surface area contributed by atoms with Gasteiger partial charge >= 0.3 is 0 Å². The molecular weight excluding hydrogens is 258 g/mol. The van der Waals surface area contributed by atoms with E-state index in [1.54, 1.807) is 24.3 Å². The van der Waals surface area contributed by atoms with Crippen LogP contribution in [-0.2, 0) is 14.4 Å². The highest BCUT2D eigenvalue weighted by molar-refractivity contribution is 6.01. The van der Waals surface area contributed by atoms with E-state index in [-0.39, 0.29) is 12.3 Å². The molecule has 6 heteroatoms. The van der Waals surface area contributed by atoms with Crippen molar-refractivity contribution in [3.05, 3.63) is 35.9 Å². The highest BCUT2D eigenvalue weighted by Crippen LogP contribution is 2.14. The third-order valence-electron chi connectivity index (χ3n) is 3.41. The van der Waals surface area contributed by atoms with Crippen LogP contribution in [0.2, 0.25) is 0 Å². The molecule has 1 heterocycles. The predicted octanol–water partition coefficient (Wildman–Crippen LogP) is -0.0500. The molecule has 0 saturated carbocycles. The Hall–Kier alpha value is -2.21. The van der Waals surface area contributed by atoms with Crippen LogP contribution in [0.25, 0.3) is 0 Å². The Morgan fingerprint density at radius 3 is 2.65 bits per heavy atom. The first-order valence-electron chi connectivity index (χ1n) is 6.42. The SMILES string of the molecule is CN1C(=O)CCC(NC(=O)C(N)c2ccccc2)C1=O. The monoisotopic (exact) mass is 275 g/mol. The number of hydrogen-bond acceptors (Lipinski definition) is 4. The number of amides is 3. The smallest absolute Gasteiger partial charge is 0.251 e. The second kappa shape index (κ2) is 5.83. The fraction of sp³-hybridized carbons (Fsp3) is 0.357. The molecule has 0 aliphatic carbocycles. The van der Waals surface area contributed by atoms with Gasteiger partial charge in [-0.3, -0.25) is 19.3 Å². The number of nitrogens with two attached hydrogens (primary N) is 1. The van der Waals surface area contributed by atoms with E-state index in [0.29, 0.717) is 12.0 Å². The van der Waals surface area contributed by atoms with Crippen molar-refractivity contribution in [3.8, 4) is 0 Å². The maximum Gasteiger partial charge on any atom is 0.251 e. The van der Waals surface area contributed by atoms with Crippen LogP contribution in [0.15, 0.2) is 30.3 Å². The number of piperidine rings is 1. The molecule has 1 fully saturated rings. The Labute approximate surface area is 116 Å². The molecule has 1 aliphatic heterocycles. The molecule has 6 nitrogen and oxygen atoms in total. The number of benzene rings is 1. The van der Waals surface area contributed by atoms with Gasteiger partial charge in [-0.15, -0.1) is 0 Å². The van der Waals surface area contributed by atoms with Crippen molar-refractivity contribution in [2.75, 3.05) is 7.05 Å². The summed E-state index contributed by atoms with van der Waals surface area (Å²) in [5.41, 5.74) is 6.54. The number of rotatable bonds is 3. The molecule has 1 aromatic carbocycles. The molecule has 0 spiro atoms. The van der Waals surface area contributed by atoms with Gasteiger partial charge in [-0.2, -0.15) is 0 Å². The predicted molar refractivity (Wildman–Crippen MR) is 72.3 cm³/mol. The summed E-state index contributed by atoms with van der Waals surface area (Å²) < 4.78 is 0. The van der Waals surface area contributed by atoms with E-state index in [1.165, 1.54) is 7.05 Å². The standard InChI is InChI=1S/C14H17N3O3/c1-17-11(18)8-7-10(14(17)20)16-13(19)12(15)9-5-3-2-4-6-9/h2-6,10,12H,7-8,15H2,1H3,(H,16,19). The van der Waals surface area contributed by atoms with Crippen molar-refractivity contribution in [2.45, 2.75) is 24.9 Å². The van der Waals surface area contributed by atoms with E-state index < -0.39 is 23.9 Å². The molecular formula is C14H17N3O3. The number of carbonyl (C=O) groups excluding carboxylic acids is 3. The Kier molecular flexibility index (Phi) is 4.14. The second-order valence-corrected chi connectivity index (χ2v) is 4.78. The normalized spacial score (nSPS) is 20.7. The minimum Gasteiger partial charge on any atom is -0.343 e. The maximum absolute atomic E-state index is 12.1. The van der Waals surface area contributed by atoms with Gasteiger partial charge in [-0.25, -0.2) is 0 Å². The van der Waals surface area contributed by atoms with E-state index in [1.807, 2.05) is 6.07 Å². The van der Waals surface area contributed by atoms with Crippen LogP contribution in [0.3, 0.4) is 0 Å². The Morgan fingerprint density at radius 1 is 1.35 bits per heavy atom. The summed E-state index contributed by atoms with van der Waals surface area (Å²) in [6.45, 7) is 0. The maximum atomic E-state index is 12.1. The van der Waals surface area contributed by atoms with E-state index in [9.17, 15) is 14.4 Å². The van der Waals surface area contributed by atoms with Gasteiger partial charge in [0.1, 0.15) is 12.1 Å². The fourth-order valence-corrected chi connectivity index (χ4v) is 2.12. The zero-order valence-corrected chi connectivity index (χ0v) is 11.2. The minimum absolute atomic E-state index is 0.229.